The van der Waals surface area contributed by atoms with Crippen LogP contribution in [0.4, 0.5) is 13.2 Å². The monoisotopic (exact) mass is 250 g/mol. The lowest BCUT2D eigenvalue weighted by molar-refractivity contribution is -0.165. The number of hydrogen-bond acceptors (Lipinski definition) is 1. The topological polar surface area (TPSA) is 20.2 Å². The Morgan fingerprint density at radius 3 is 1.93 bits per heavy atom. The number of alkyl halides is 5. The first-order valence-electron chi connectivity index (χ1n) is 4.13. The van der Waals surface area contributed by atoms with Gasteiger partial charge in [0, 0.05) is 0 Å². The molecule has 6 heteroatoms. The third-order valence-electron chi connectivity index (χ3n) is 2.72. The van der Waals surface area contributed by atoms with Crippen LogP contribution in [-0.2, 0) is 0 Å². The van der Waals surface area contributed by atoms with E-state index in [9.17, 15) is 18.3 Å². The van der Waals surface area contributed by atoms with Crippen LogP contribution in [-0.4, -0.2) is 21.7 Å². The lowest BCUT2D eigenvalue weighted by Gasteiger charge is -2.28. The van der Waals surface area contributed by atoms with Gasteiger partial charge in [-0.2, -0.15) is 13.2 Å². The fraction of sp³-hybridized carbons (Fsp3) is 1.00. The molecule has 1 unspecified atom stereocenters. The van der Waals surface area contributed by atoms with Gasteiger partial charge in [-0.1, -0.05) is 37.0 Å². The summed E-state index contributed by atoms with van der Waals surface area (Å²) < 4.78 is 33.8. The van der Waals surface area contributed by atoms with E-state index < -0.39 is 22.5 Å². The first-order valence-corrected chi connectivity index (χ1v) is 4.88. The molecule has 0 radical (unpaired) electrons. The molecule has 0 aromatic heterocycles. The molecule has 0 amide bonds. The van der Waals surface area contributed by atoms with Gasteiger partial charge in [0.15, 0.2) is 0 Å². The Labute approximate surface area is 90.2 Å². The van der Waals surface area contributed by atoms with E-state index in [0.29, 0.717) is 6.42 Å². The Kier molecular flexibility index (Phi) is 2.80. The molecule has 1 aliphatic rings. The number of hydrogen-bond donors (Lipinski definition) is 1. The van der Waals surface area contributed by atoms with E-state index in [1.165, 1.54) is 0 Å². The molecule has 0 bridgehead atoms. The van der Waals surface area contributed by atoms with E-state index in [0.717, 1.165) is 0 Å². The molecule has 1 nitrogen and oxygen atoms in total. The first kappa shape index (κ1) is 12.4. The van der Waals surface area contributed by atoms with Gasteiger partial charge in [0.2, 0.25) is 4.33 Å². The number of rotatable bonds is 2. The van der Waals surface area contributed by atoms with Gasteiger partial charge in [-0.25, -0.2) is 0 Å². The third kappa shape index (κ3) is 1.97. The summed E-state index contributed by atoms with van der Waals surface area (Å²) in [5.41, 5.74) is -0.306. The summed E-state index contributed by atoms with van der Waals surface area (Å²) in [6, 6.07) is 0. The maximum absolute atomic E-state index is 12.3. The summed E-state index contributed by atoms with van der Waals surface area (Å²) in [6.07, 6.45) is -6.07. The van der Waals surface area contributed by atoms with Crippen LogP contribution in [0.2, 0.25) is 0 Å². The first-order chi connectivity index (χ1) is 6.00. The molecule has 0 aliphatic heterocycles. The Hall–Kier alpha value is 0.330. The van der Waals surface area contributed by atoms with Gasteiger partial charge >= 0.3 is 6.18 Å². The molecule has 1 fully saturated rings. The van der Waals surface area contributed by atoms with Crippen LogP contribution in [0, 0.1) is 11.3 Å². The van der Waals surface area contributed by atoms with Crippen molar-refractivity contribution in [1.29, 1.82) is 0 Å². The lowest BCUT2D eigenvalue weighted by atomic mass is 10.0. The molecule has 0 aromatic carbocycles. The smallest absolute Gasteiger partial charge is 0.389 e. The van der Waals surface area contributed by atoms with E-state index in [-0.39, 0.29) is 5.41 Å². The fourth-order valence-electron chi connectivity index (χ4n) is 1.47. The van der Waals surface area contributed by atoms with Crippen molar-refractivity contribution in [2.75, 3.05) is 0 Å². The minimum absolute atomic E-state index is 0.306. The summed E-state index contributed by atoms with van der Waals surface area (Å²) in [5, 5.41) is 9.40. The van der Waals surface area contributed by atoms with Crippen LogP contribution in [0.3, 0.4) is 0 Å². The maximum atomic E-state index is 12.3. The van der Waals surface area contributed by atoms with Crippen LogP contribution < -0.4 is 0 Å². The normalized spacial score (nSPS) is 28.7. The van der Waals surface area contributed by atoms with E-state index in [1.54, 1.807) is 13.8 Å². The summed E-state index contributed by atoms with van der Waals surface area (Å²) in [4.78, 5) is 0. The van der Waals surface area contributed by atoms with Gasteiger partial charge in [0.25, 0.3) is 0 Å². The van der Waals surface area contributed by atoms with Gasteiger partial charge in [-0.3, -0.25) is 0 Å². The van der Waals surface area contributed by atoms with Gasteiger partial charge in [0.1, 0.15) is 0 Å². The van der Waals surface area contributed by atoms with Crippen molar-refractivity contribution in [3.05, 3.63) is 0 Å². The van der Waals surface area contributed by atoms with Crippen molar-refractivity contribution in [3.8, 4) is 0 Å². The van der Waals surface area contributed by atoms with E-state index in [4.69, 9.17) is 23.2 Å². The molecule has 0 saturated heterocycles. The van der Waals surface area contributed by atoms with Gasteiger partial charge in [-0.05, 0) is 17.8 Å². The second-order valence-electron chi connectivity index (χ2n) is 4.36. The molecular formula is C8H11Cl2F3O. The van der Waals surface area contributed by atoms with Crippen molar-refractivity contribution in [2.45, 2.75) is 36.9 Å². The van der Waals surface area contributed by atoms with Gasteiger partial charge < -0.3 is 5.11 Å². The zero-order valence-electron chi connectivity index (χ0n) is 7.70. The number of aliphatic hydroxyl groups excluding tert-OH is 1. The molecule has 0 spiro atoms. The van der Waals surface area contributed by atoms with Crippen LogP contribution in [0.5, 0.6) is 0 Å². The fourth-order valence-corrected chi connectivity index (χ4v) is 1.77. The molecule has 0 aromatic rings. The summed E-state index contributed by atoms with van der Waals surface area (Å²) >= 11 is 10.2. The van der Waals surface area contributed by atoms with E-state index in [2.05, 4.69) is 0 Å². The van der Waals surface area contributed by atoms with Crippen LogP contribution in [0.15, 0.2) is 0 Å². The third-order valence-corrected chi connectivity index (χ3v) is 3.60. The van der Waals surface area contributed by atoms with Crippen molar-refractivity contribution in [3.63, 3.8) is 0 Å². The highest BCUT2D eigenvalue weighted by atomic mass is 35.5. The highest BCUT2D eigenvalue weighted by Gasteiger charge is 2.65. The molecule has 1 N–H and O–H groups in total. The summed E-state index contributed by atoms with van der Waals surface area (Å²) in [6.45, 7) is 3.53. The molecule has 0 heterocycles. The molecular weight excluding hydrogens is 240 g/mol. The second kappa shape index (κ2) is 3.16. The molecule has 2 atom stereocenters. The quantitative estimate of drug-likeness (QED) is 0.747. The standard InChI is InChI=1S/C8H11Cl2F3O/c1-6(2)3-4(6)5(14)7(9,10)8(11,12)13/h4-5,14H,3H2,1-2H3/t4-,5?/m0/s1. The molecule has 14 heavy (non-hydrogen) atoms. The van der Waals surface area contributed by atoms with E-state index >= 15 is 0 Å². The molecule has 1 rings (SSSR count). The Balaban J connectivity index is 2.75. The van der Waals surface area contributed by atoms with Crippen molar-refractivity contribution >= 4 is 23.2 Å². The highest BCUT2D eigenvalue weighted by Crippen LogP contribution is 2.59. The minimum atomic E-state index is -4.81. The number of aliphatic hydroxyl groups is 1. The van der Waals surface area contributed by atoms with Crippen molar-refractivity contribution in [1.82, 2.24) is 0 Å². The molecule has 84 valence electrons. The average molecular weight is 251 g/mol. The minimum Gasteiger partial charge on any atom is -0.389 e. The largest absolute Gasteiger partial charge is 0.424 e. The summed E-state index contributed by atoms with van der Waals surface area (Å²) in [5.74, 6) is -0.487. The molecule has 1 aliphatic carbocycles. The predicted octanol–water partition coefficient (Wildman–Crippen LogP) is 3.13. The highest BCUT2D eigenvalue weighted by molar-refractivity contribution is 6.49. The van der Waals surface area contributed by atoms with Crippen LogP contribution in [0.25, 0.3) is 0 Å². The van der Waals surface area contributed by atoms with E-state index in [1.807, 2.05) is 0 Å². The van der Waals surface area contributed by atoms with Crippen LogP contribution >= 0.6 is 23.2 Å². The van der Waals surface area contributed by atoms with Gasteiger partial charge in [0.05, 0.1) is 6.10 Å². The molecule has 1 saturated carbocycles. The van der Waals surface area contributed by atoms with Crippen molar-refractivity contribution in [2.24, 2.45) is 11.3 Å². The summed E-state index contributed by atoms with van der Waals surface area (Å²) in [7, 11) is 0. The lowest BCUT2D eigenvalue weighted by Crippen LogP contribution is -2.46. The average Bonchev–Trinajstić information content (AvgIpc) is 2.55. The Morgan fingerprint density at radius 1 is 1.36 bits per heavy atom. The second-order valence-corrected chi connectivity index (χ2v) is 5.75. The van der Waals surface area contributed by atoms with Crippen molar-refractivity contribution < 1.29 is 18.3 Å². The zero-order chi connectivity index (χ0) is 11.4. The maximum Gasteiger partial charge on any atom is 0.424 e. The Bertz CT molecular complexity index is 237. The van der Waals surface area contributed by atoms with Crippen LogP contribution in [0.1, 0.15) is 20.3 Å². The SMILES string of the molecule is CC1(C)C[C@H]1C(O)C(Cl)(Cl)C(F)(F)F. The predicted molar refractivity (Wildman–Crippen MR) is 48.4 cm³/mol. The van der Waals surface area contributed by atoms with Gasteiger partial charge in [-0.15, -0.1) is 0 Å². The zero-order valence-corrected chi connectivity index (χ0v) is 9.21. The Morgan fingerprint density at radius 2 is 1.71 bits per heavy atom. The number of halogens is 5.